The largest absolute Gasteiger partial charge is 0.302 e. The number of hydrogen-bond acceptors (Lipinski definition) is 2. The maximum Gasteiger partial charge on any atom is 0.138 e. The number of aldehydes is 1. The van der Waals surface area contributed by atoms with Gasteiger partial charge in [0.25, 0.3) is 0 Å². The average Bonchev–Trinajstić information content (AvgIpc) is 2.44. The smallest absolute Gasteiger partial charge is 0.138 e. The van der Waals surface area contributed by atoms with Gasteiger partial charge in [-0.3, -0.25) is 5.32 Å². The molecule has 2 atom stereocenters. The first-order valence-electron chi connectivity index (χ1n) is 3.34. The first-order valence-corrected chi connectivity index (χ1v) is 3.34. The zero-order valence-electron chi connectivity index (χ0n) is 6.14. The van der Waals surface area contributed by atoms with Crippen LogP contribution in [0.5, 0.6) is 0 Å². The molecule has 1 aliphatic rings. The number of hydrogen-bond donors (Lipinski definition) is 1. The van der Waals surface area contributed by atoms with Crippen molar-refractivity contribution in [3.05, 3.63) is 0 Å². The van der Waals surface area contributed by atoms with Gasteiger partial charge in [0.15, 0.2) is 0 Å². The molecule has 1 rings (SSSR count). The molecule has 0 spiro atoms. The van der Waals surface area contributed by atoms with E-state index in [1.165, 1.54) is 0 Å². The number of rotatable bonds is 2. The van der Waals surface area contributed by atoms with Crippen LogP contribution in [0.25, 0.3) is 0 Å². The Balaban J connectivity index is 2.51. The molecule has 2 unspecified atom stereocenters. The highest BCUT2D eigenvalue weighted by atomic mass is 16.1. The van der Waals surface area contributed by atoms with Crippen LogP contribution in [0.3, 0.4) is 0 Å². The molecule has 0 aromatic carbocycles. The van der Waals surface area contributed by atoms with E-state index in [-0.39, 0.29) is 11.6 Å². The third-order valence-corrected chi connectivity index (χ3v) is 2.36. The fraction of sp³-hybridized carbons (Fsp3) is 0.857. The van der Waals surface area contributed by atoms with Crippen molar-refractivity contribution in [3.63, 3.8) is 0 Å². The lowest BCUT2D eigenvalue weighted by molar-refractivity contribution is -0.107. The summed E-state index contributed by atoms with van der Waals surface area (Å²) in [6.07, 6.45) is 0.986. The van der Waals surface area contributed by atoms with Gasteiger partial charge in [-0.25, -0.2) is 0 Å². The van der Waals surface area contributed by atoms with Crippen LogP contribution in [-0.4, -0.2) is 17.9 Å². The van der Waals surface area contributed by atoms with Crippen LogP contribution in [-0.2, 0) is 4.79 Å². The van der Waals surface area contributed by atoms with Crippen LogP contribution in [0.1, 0.15) is 20.8 Å². The van der Waals surface area contributed by atoms with E-state index < -0.39 is 0 Å². The summed E-state index contributed by atoms with van der Waals surface area (Å²) in [6.45, 7) is 6.32. The maximum absolute atomic E-state index is 10.2. The van der Waals surface area contributed by atoms with Crippen LogP contribution in [0.4, 0.5) is 0 Å². The van der Waals surface area contributed by atoms with E-state index in [9.17, 15) is 4.79 Å². The molecule has 1 fully saturated rings. The van der Waals surface area contributed by atoms with Crippen molar-refractivity contribution < 1.29 is 4.79 Å². The maximum atomic E-state index is 10.2. The predicted octanol–water partition coefficient (Wildman–Crippen LogP) is 0.572. The summed E-state index contributed by atoms with van der Waals surface area (Å²) >= 11 is 0. The number of carbonyl (C=O) groups is 1. The molecule has 0 saturated carbocycles. The monoisotopic (exact) mass is 127 g/mol. The Morgan fingerprint density at radius 1 is 1.67 bits per heavy atom. The van der Waals surface area contributed by atoms with Crippen molar-refractivity contribution in [3.8, 4) is 0 Å². The highest BCUT2D eigenvalue weighted by Gasteiger charge is 2.51. The van der Waals surface area contributed by atoms with E-state index in [0.29, 0.717) is 5.92 Å². The van der Waals surface area contributed by atoms with E-state index in [4.69, 9.17) is 0 Å². The topological polar surface area (TPSA) is 39.0 Å². The van der Waals surface area contributed by atoms with Gasteiger partial charge in [-0.05, 0) is 12.8 Å². The fourth-order valence-corrected chi connectivity index (χ4v) is 0.995. The Kier molecular flexibility index (Phi) is 1.35. The molecule has 1 heterocycles. The van der Waals surface area contributed by atoms with Crippen molar-refractivity contribution in [2.24, 2.45) is 5.92 Å². The SMILES string of the molecule is CC(C)C1(C)NC1C=O. The number of carbonyl (C=O) groups excluding carboxylic acids is 1. The minimum Gasteiger partial charge on any atom is -0.302 e. The van der Waals surface area contributed by atoms with Gasteiger partial charge in [0, 0.05) is 5.54 Å². The Morgan fingerprint density at radius 2 is 2.22 bits per heavy atom. The van der Waals surface area contributed by atoms with Gasteiger partial charge < -0.3 is 4.79 Å². The van der Waals surface area contributed by atoms with E-state index >= 15 is 0 Å². The Bertz CT molecular complexity index is 133. The zero-order chi connectivity index (χ0) is 7.07. The Morgan fingerprint density at radius 3 is 2.33 bits per heavy atom. The van der Waals surface area contributed by atoms with Gasteiger partial charge in [0.05, 0.1) is 6.04 Å². The summed E-state index contributed by atoms with van der Waals surface area (Å²) in [6, 6.07) is 0.109. The molecule has 2 heteroatoms. The minimum atomic E-state index is 0.0990. The van der Waals surface area contributed by atoms with Crippen LogP contribution in [0.15, 0.2) is 0 Å². The summed E-state index contributed by atoms with van der Waals surface area (Å²) in [7, 11) is 0. The highest BCUT2D eigenvalue weighted by Crippen LogP contribution is 2.31. The molecule has 1 N–H and O–H groups in total. The molecule has 0 aromatic rings. The summed E-state index contributed by atoms with van der Waals surface area (Å²) in [5.74, 6) is 0.549. The summed E-state index contributed by atoms with van der Waals surface area (Å²) in [5, 5.41) is 3.13. The molecule has 1 saturated heterocycles. The molecule has 0 bridgehead atoms. The second-order valence-corrected chi connectivity index (χ2v) is 3.20. The lowest BCUT2D eigenvalue weighted by Gasteiger charge is -2.10. The second-order valence-electron chi connectivity index (χ2n) is 3.20. The van der Waals surface area contributed by atoms with E-state index in [1.54, 1.807) is 0 Å². The van der Waals surface area contributed by atoms with Gasteiger partial charge in [0.1, 0.15) is 6.29 Å². The van der Waals surface area contributed by atoms with Crippen LogP contribution in [0, 0.1) is 5.92 Å². The van der Waals surface area contributed by atoms with Crippen molar-refractivity contribution in [1.82, 2.24) is 5.32 Å². The van der Waals surface area contributed by atoms with E-state index in [1.807, 2.05) is 0 Å². The summed E-state index contributed by atoms with van der Waals surface area (Å²) in [5.41, 5.74) is 0.0990. The van der Waals surface area contributed by atoms with Gasteiger partial charge >= 0.3 is 0 Å². The minimum absolute atomic E-state index is 0.0990. The second kappa shape index (κ2) is 1.81. The highest BCUT2D eigenvalue weighted by molar-refractivity contribution is 5.66. The van der Waals surface area contributed by atoms with Crippen LogP contribution in [0.2, 0.25) is 0 Å². The average molecular weight is 127 g/mol. The van der Waals surface area contributed by atoms with Crippen molar-refractivity contribution in [1.29, 1.82) is 0 Å². The van der Waals surface area contributed by atoms with E-state index in [2.05, 4.69) is 26.1 Å². The van der Waals surface area contributed by atoms with Gasteiger partial charge in [-0.1, -0.05) is 13.8 Å². The molecule has 9 heavy (non-hydrogen) atoms. The van der Waals surface area contributed by atoms with Crippen LogP contribution < -0.4 is 5.32 Å². The van der Waals surface area contributed by atoms with Crippen LogP contribution >= 0.6 is 0 Å². The first kappa shape index (κ1) is 6.75. The van der Waals surface area contributed by atoms with E-state index in [0.717, 1.165) is 6.29 Å². The first-order chi connectivity index (χ1) is 4.11. The molecular formula is C7H13NO. The third kappa shape index (κ3) is 0.874. The lowest BCUT2D eigenvalue weighted by Crippen LogP contribution is -2.20. The predicted molar refractivity (Wildman–Crippen MR) is 36.2 cm³/mol. The molecule has 0 aliphatic carbocycles. The molecule has 1 aliphatic heterocycles. The van der Waals surface area contributed by atoms with Gasteiger partial charge in [0.2, 0.25) is 0 Å². The molecule has 2 nitrogen and oxygen atoms in total. The normalized spacial score (nSPS) is 41.1. The number of nitrogens with one attached hydrogen (secondary N) is 1. The van der Waals surface area contributed by atoms with Crippen molar-refractivity contribution >= 4 is 6.29 Å². The Labute approximate surface area is 55.6 Å². The molecule has 0 radical (unpaired) electrons. The van der Waals surface area contributed by atoms with Gasteiger partial charge in [-0.15, -0.1) is 0 Å². The quantitative estimate of drug-likeness (QED) is 0.435. The Hall–Kier alpha value is -0.370. The summed E-state index contributed by atoms with van der Waals surface area (Å²) < 4.78 is 0. The van der Waals surface area contributed by atoms with Crippen molar-refractivity contribution in [2.75, 3.05) is 0 Å². The fourth-order valence-electron chi connectivity index (χ4n) is 0.995. The van der Waals surface area contributed by atoms with Gasteiger partial charge in [-0.2, -0.15) is 0 Å². The van der Waals surface area contributed by atoms with Crippen molar-refractivity contribution in [2.45, 2.75) is 32.4 Å². The summed E-state index contributed by atoms with van der Waals surface area (Å²) in [4.78, 5) is 10.2. The standard InChI is InChI=1S/C7H13NO/c1-5(2)7(3)6(4-9)8-7/h4-6,8H,1-3H3. The molecular weight excluding hydrogens is 114 g/mol. The third-order valence-electron chi connectivity index (χ3n) is 2.36. The molecule has 0 aromatic heterocycles. The molecule has 0 amide bonds. The zero-order valence-corrected chi connectivity index (χ0v) is 6.14. The lowest BCUT2D eigenvalue weighted by atomic mass is 9.94. The molecule has 52 valence electrons.